The number of likely N-dealkylation sites (tertiary alicyclic amines) is 1. The molecule has 0 atom stereocenters. The SMILES string of the molecule is CC1CCN(C(=O)c2ccccc2NC(=O)c2cc(F)c(F)c(F)c2F)CC1. The Bertz CT molecular complexity index is 925. The van der Waals surface area contributed by atoms with Gasteiger partial charge in [-0.2, -0.15) is 0 Å². The van der Waals surface area contributed by atoms with Gasteiger partial charge in [0.2, 0.25) is 0 Å². The van der Waals surface area contributed by atoms with E-state index in [0.717, 1.165) is 12.8 Å². The highest BCUT2D eigenvalue weighted by Crippen LogP contribution is 2.24. The van der Waals surface area contributed by atoms with Gasteiger partial charge in [-0.25, -0.2) is 17.6 Å². The minimum Gasteiger partial charge on any atom is -0.339 e. The largest absolute Gasteiger partial charge is 0.339 e. The molecule has 0 bridgehead atoms. The molecule has 0 unspecified atom stereocenters. The molecular weight excluding hydrogens is 376 g/mol. The van der Waals surface area contributed by atoms with E-state index in [9.17, 15) is 27.2 Å². The first-order valence-electron chi connectivity index (χ1n) is 8.82. The molecule has 1 aliphatic heterocycles. The molecule has 148 valence electrons. The van der Waals surface area contributed by atoms with Gasteiger partial charge < -0.3 is 10.2 Å². The van der Waals surface area contributed by atoms with Crippen molar-refractivity contribution in [1.82, 2.24) is 4.90 Å². The van der Waals surface area contributed by atoms with Gasteiger partial charge >= 0.3 is 0 Å². The highest BCUT2D eigenvalue weighted by Gasteiger charge is 2.26. The van der Waals surface area contributed by atoms with E-state index in [1.165, 1.54) is 12.1 Å². The quantitative estimate of drug-likeness (QED) is 0.478. The van der Waals surface area contributed by atoms with Gasteiger partial charge in [-0.3, -0.25) is 9.59 Å². The third-order valence-electron chi connectivity index (χ3n) is 4.82. The topological polar surface area (TPSA) is 49.4 Å². The van der Waals surface area contributed by atoms with Crippen molar-refractivity contribution in [3.8, 4) is 0 Å². The van der Waals surface area contributed by atoms with Crippen LogP contribution < -0.4 is 5.32 Å². The van der Waals surface area contributed by atoms with Gasteiger partial charge in [-0.1, -0.05) is 19.1 Å². The van der Waals surface area contributed by atoms with Gasteiger partial charge in [0.25, 0.3) is 11.8 Å². The maximum absolute atomic E-state index is 13.9. The molecule has 0 spiro atoms. The first kappa shape index (κ1) is 19.9. The van der Waals surface area contributed by atoms with Crippen molar-refractivity contribution in [3.05, 3.63) is 64.7 Å². The van der Waals surface area contributed by atoms with E-state index < -0.39 is 34.7 Å². The van der Waals surface area contributed by atoms with E-state index in [1.54, 1.807) is 17.0 Å². The Balaban J connectivity index is 1.86. The number of halogens is 4. The highest BCUT2D eigenvalue weighted by molar-refractivity contribution is 6.09. The second kappa shape index (κ2) is 8.00. The van der Waals surface area contributed by atoms with Crippen LogP contribution in [0.25, 0.3) is 0 Å². The summed E-state index contributed by atoms with van der Waals surface area (Å²) in [6.07, 6.45) is 1.72. The van der Waals surface area contributed by atoms with Crippen LogP contribution in [0, 0.1) is 29.2 Å². The van der Waals surface area contributed by atoms with Crippen LogP contribution in [-0.4, -0.2) is 29.8 Å². The highest BCUT2D eigenvalue weighted by atomic mass is 19.2. The molecule has 0 aromatic heterocycles. The second-order valence-electron chi connectivity index (χ2n) is 6.82. The molecule has 4 nitrogen and oxygen atoms in total. The first-order chi connectivity index (χ1) is 13.3. The molecule has 1 heterocycles. The molecule has 1 fully saturated rings. The molecule has 0 aliphatic carbocycles. The fourth-order valence-electron chi connectivity index (χ4n) is 3.09. The molecule has 3 rings (SSSR count). The summed E-state index contributed by atoms with van der Waals surface area (Å²) in [5.74, 6) is -8.53. The normalized spacial score (nSPS) is 14.8. The molecule has 1 saturated heterocycles. The third-order valence-corrected chi connectivity index (χ3v) is 4.82. The maximum atomic E-state index is 13.9. The van der Waals surface area contributed by atoms with Gasteiger partial charge in [0.05, 0.1) is 16.8 Å². The summed E-state index contributed by atoms with van der Waals surface area (Å²) in [6, 6.07) is 6.35. The van der Waals surface area contributed by atoms with Crippen molar-refractivity contribution >= 4 is 17.5 Å². The number of carbonyl (C=O) groups is 2. The van der Waals surface area contributed by atoms with Crippen LogP contribution in [0.3, 0.4) is 0 Å². The molecule has 28 heavy (non-hydrogen) atoms. The number of carbonyl (C=O) groups excluding carboxylic acids is 2. The molecule has 1 aliphatic rings. The molecule has 2 aromatic rings. The number of nitrogens with zero attached hydrogens (tertiary/aromatic N) is 1. The van der Waals surface area contributed by atoms with Crippen molar-refractivity contribution in [2.24, 2.45) is 5.92 Å². The summed E-state index contributed by atoms with van der Waals surface area (Å²) in [5, 5.41) is 2.29. The predicted octanol–water partition coefficient (Wildman–Crippen LogP) is 4.37. The summed E-state index contributed by atoms with van der Waals surface area (Å²) in [6.45, 7) is 3.25. The summed E-state index contributed by atoms with van der Waals surface area (Å²) < 4.78 is 53.7. The maximum Gasteiger partial charge on any atom is 0.258 e. The van der Waals surface area contributed by atoms with Crippen LogP contribution in [0.2, 0.25) is 0 Å². The number of rotatable bonds is 3. The lowest BCUT2D eigenvalue weighted by Crippen LogP contribution is -2.38. The fourth-order valence-corrected chi connectivity index (χ4v) is 3.09. The minimum absolute atomic E-state index is 0.0701. The third kappa shape index (κ3) is 3.85. The van der Waals surface area contributed by atoms with E-state index in [0.29, 0.717) is 19.0 Å². The summed E-state index contributed by atoms with van der Waals surface area (Å²) in [7, 11) is 0. The second-order valence-corrected chi connectivity index (χ2v) is 6.82. The number of hydrogen-bond acceptors (Lipinski definition) is 2. The van der Waals surface area contributed by atoms with Crippen LogP contribution in [-0.2, 0) is 0 Å². The Labute approximate surface area is 159 Å². The van der Waals surface area contributed by atoms with Gasteiger partial charge in [-0.15, -0.1) is 0 Å². The number of nitrogens with one attached hydrogen (secondary N) is 1. The van der Waals surface area contributed by atoms with Gasteiger partial charge in [0.1, 0.15) is 0 Å². The van der Waals surface area contributed by atoms with Crippen molar-refractivity contribution in [2.45, 2.75) is 19.8 Å². The van der Waals surface area contributed by atoms with Gasteiger partial charge in [-0.05, 0) is 37.0 Å². The number of hydrogen-bond donors (Lipinski definition) is 1. The lowest BCUT2D eigenvalue weighted by Gasteiger charge is -2.30. The van der Waals surface area contributed by atoms with Crippen LogP contribution in [0.5, 0.6) is 0 Å². The van der Waals surface area contributed by atoms with E-state index in [2.05, 4.69) is 12.2 Å². The Morgan fingerprint density at radius 2 is 1.61 bits per heavy atom. The first-order valence-corrected chi connectivity index (χ1v) is 8.82. The van der Waals surface area contributed by atoms with Crippen LogP contribution in [0.4, 0.5) is 23.2 Å². The van der Waals surface area contributed by atoms with Crippen LogP contribution in [0.1, 0.15) is 40.5 Å². The fraction of sp³-hybridized carbons (Fsp3) is 0.300. The minimum atomic E-state index is -2.07. The Morgan fingerprint density at radius 1 is 0.964 bits per heavy atom. The number of amides is 2. The van der Waals surface area contributed by atoms with Crippen LogP contribution >= 0.6 is 0 Å². The van der Waals surface area contributed by atoms with Crippen molar-refractivity contribution < 1.29 is 27.2 Å². The molecule has 2 aromatic carbocycles. The Kier molecular flexibility index (Phi) is 5.67. The number of para-hydroxylation sites is 1. The molecule has 8 heteroatoms. The van der Waals surface area contributed by atoms with Crippen molar-refractivity contribution in [2.75, 3.05) is 18.4 Å². The van der Waals surface area contributed by atoms with Crippen molar-refractivity contribution in [1.29, 1.82) is 0 Å². The Hall–Kier alpha value is -2.90. The zero-order chi connectivity index (χ0) is 20.4. The number of anilines is 1. The molecule has 0 saturated carbocycles. The summed E-state index contributed by atoms with van der Waals surface area (Å²) >= 11 is 0. The van der Waals surface area contributed by atoms with E-state index >= 15 is 0 Å². The molecule has 2 amide bonds. The average Bonchev–Trinajstić information content (AvgIpc) is 2.69. The van der Waals surface area contributed by atoms with E-state index in [4.69, 9.17) is 0 Å². The molecule has 1 N–H and O–H groups in total. The predicted molar refractivity (Wildman–Crippen MR) is 95.0 cm³/mol. The zero-order valence-electron chi connectivity index (χ0n) is 15.1. The monoisotopic (exact) mass is 394 g/mol. The van der Waals surface area contributed by atoms with E-state index in [-0.39, 0.29) is 23.2 Å². The van der Waals surface area contributed by atoms with Crippen molar-refractivity contribution in [3.63, 3.8) is 0 Å². The summed E-state index contributed by atoms with van der Waals surface area (Å²) in [5.41, 5.74) is -0.750. The van der Waals surface area contributed by atoms with Crippen LogP contribution in [0.15, 0.2) is 30.3 Å². The Morgan fingerprint density at radius 3 is 2.29 bits per heavy atom. The number of piperidine rings is 1. The molecule has 0 radical (unpaired) electrons. The lowest BCUT2D eigenvalue weighted by atomic mass is 9.98. The average molecular weight is 394 g/mol. The lowest BCUT2D eigenvalue weighted by molar-refractivity contribution is 0.0698. The number of benzene rings is 2. The van der Waals surface area contributed by atoms with Gasteiger partial charge in [0.15, 0.2) is 23.3 Å². The van der Waals surface area contributed by atoms with Gasteiger partial charge in [0, 0.05) is 13.1 Å². The zero-order valence-corrected chi connectivity index (χ0v) is 15.1. The smallest absolute Gasteiger partial charge is 0.258 e. The summed E-state index contributed by atoms with van der Waals surface area (Å²) in [4.78, 5) is 26.8. The standard InChI is InChI=1S/C20H18F4N2O2/c1-11-6-8-26(9-7-11)20(28)12-4-2-3-5-15(12)25-19(27)13-10-14(21)17(23)18(24)16(13)22/h2-5,10-11H,6-9H2,1H3,(H,25,27). The van der Waals surface area contributed by atoms with E-state index in [1.807, 2.05) is 0 Å². The molecular formula is C20H18F4N2O2.